The Morgan fingerprint density at radius 2 is 1.86 bits per heavy atom. The van der Waals surface area contributed by atoms with Crippen molar-refractivity contribution in [2.75, 3.05) is 20.8 Å². The SMILES string of the molecule is CCN(Cc1nc2cc(OC)c(OC)cc2c(=O)[nH]1)C(=O)C1(N)CCCC1.Cl. The van der Waals surface area contributed by atoms with Gasteiger partial charge in [-0.2, -0.15) is 0 Å². The van der Waals surface area contributed by atoms with Gasteiger partial charge in [0.1, 0.15) is 5.82 Å². The number of amides is 1. The highest BCUT2D eigenvalue weighted by molar-refractivity contribution is 5.86. The number of rotatable bonds is 6. The minimum Gasteiger partial charge on any atom is -0.493 e. The van der Waals surface area contributed by atoms with Crippen molar-refractivity contribution in [2.45, 2.75) is 44.7 Å². The average Bonchev–Trinajstić information content (AvgIpc) is 3.12. The third-order valence-electron chi connectivity index (χ3n) is 5.19. The third kappa shape index (κ3) is 4.07. The Labute approximate surface area is 169 Å². The van der Waals surface area contributed by atoms with Gasteiger partial charge in [-0.1, -0.05) is 12.8 Å². The van der Waals surface area contributed by atoms with E-state index in [1.807, 2.05) is 6.92 Å². The van der Waals surface area contributed by atoms with Gasteiger partial charge in [0, 0.05) is 12.6 Å². The van der Waals surface area contributed by atoms with E-state index in [0.29, 0.717) is 47.6 Å². The smallest absolute Gasteiger partial charge is 0.258 e. The molecule has 1 saturated carbocycles. The molecule has 2 aromatic rings. The van der Waals surface area contributed by atoms with E-state index < -0.39 is 5.54 Å². The molecular weight excluding hydrogens is 384 g/mol. The van der Waals surface area contributed by atoms with Crippen LogP contribution in [-0.4, -0.2) is 47.1 Å². The van der Waals surface area contributed by atoms with Gasteiger partial charge in [-0.3, -0.25) is 9.59 Å². The molecule has 28 heavy (non-hydrogen) atoms. The van der Waals surface area contributed by atoms with Crippen LogP contribution < -0.4 is 20.8 Å². The molecule has 0 radical (unpaired) electrons. The topological polar surface area (TPSA) is 111 Å². The number of carbonyl (C=O) groups excluding carboxylic acids is 1. The Morgan fingerprint density at radius 1 is 1.25 bits per heavy atom. The predicted octanol–water partition coefficient (Wildman–Crippen LogP) is 1.98. The molecule has 1 aliphatic rings. The van der Waals surface area contributed by atoms with E-state index in [1.54, 1.807) is 17.0 Å². The molecular formula is C19H27ClN4O4. The van der Waals surface area contributed by atoms with Crippen LogP contribution in [0.5, 0.6) is 11.5 Å². The molecule has 9 heteroatoms. The summed E-state index contributed by atoms with van der Waals surface area (Å²) >= 11 is 0. The molecule has 1 aromatic heterocycles. The Hall–Kier alpha value is -2.32. The number of hydrogen-bond acceptors (Lipinski definition) is 6. The summed E-state index contributed by atoms with van der Waals surface area (Å²) in [6.45, 7) is 2.59. The molecule has 3 N–H and O–H groups in total. The van der Waals surface area contributed by atoms with Crippen LogP contribution in [0.1, 0.15) is 38.4 Å². The number of nitrogens with one attached hydrogen (secondary N) is 1. The Kier molecular flexibility index (Phi) is 6.90. The highest BCUT2D eigenvalue weighted by Gasteiger charge is 2.39. The van der Waals surface area contributed by atoms with Crippen LogP contribution in [0, 0.1) is 0 Å². The van der Waals surface area contributed by atoms with Crippen LogP contribution in [-0.2, 0) is 11.3 Å². The molecule has 0 bridgehead atoms. The fourth-order valence-electron chi connectivity index (χ4n) is 3.63. The van der Waals surface area contributed by atoms with Gasteiger partial charge in [-0.25, -0.2) is 4.98 Å². The highest BCUT2D eigenvalue weighted by Crippen LogP contribution is 2.31. The molecule has 1 aliphatic carbocycles. The van der Waals surface area contributed by atoms with Crippen molar-refractivity contribution >= 4 is 29.2 Å². The Morgan fingerprint density at radius 3 is 2.43 bits per heavy atom. The van der Waals surface area contributed by atoms with E-state index in [1.165, 1.54) is 14.2 Å². The van der Waals surface area contributed by atoms with E-state index in [4.69, 9.17) is 15.2 Å². The highest BCUT2D eigenvalue weighted by atomic mass is 35.5. The molecule has 0 unspecified atom stereocenters. The first-order valence-electron chi connectivity index (χ1n) is 9.15. The van der Waals surface area contributed by atoms with Crippen LogP contribution in [0.4, 0.5) is 0 Å². The van der Waals surface area contributed by atoms with Crippen molar-refractivity contribution < 1.29 is 14.3 Å². The zero-order chi connectivity index (χ0) is 19.6. The zero-order valence-corrected chi connectivity index (χ0v) is 17.2. The summed E-state index contributed by atoms with van der Waals surface area (Å²) in [4.78, 5) is 34.3. The predicted molar refractivity (Wildman–Crippen MR) is 109 cm³/mol. The number of likely N-dealkylation sites (N-methyl/N-ethyl adjacent to an activating group) is 1. The maximum atomic E-state index is 12.9. The second-order valence-electron chi connectivity index (χ2n) is 6.92. The van der Waals surface area contributed by atoms with E-state index in [2.05, 4.69) is 9.97 Å². The lowest BCUT2D eigenvalue weighted by Gasteiger charge is -2.30. The Balaban J connectivity index is 0.00000280. The third-order valence-corrected chi connectivity index (χ3v) is 5.19. The quantitative estimate of drug-likeness (QED) is 0.753. The number of aromatic nitrogens is 2. The first kappa shape index (κ1) is 22.0. The van der Waals surface area contributed by atoms with E-state index >= 15 is 0 Å². The summed E-state index contributed by atoms with van der Waals surface area (Å²) in [6, 6.07) is 3.26. The number of halogens is 1. The van der Waals surface area contributed by atoms with Gasteiger partial charge in [0.2, 0.25) is 5.91 Å². The van der Waals surface area contributed by atoms with Crippen molar-refractivity contribution in [1.29, 1.82) is 0 Å². The summed E-state index contributed by atoms with van der Waals surface area (Å²) in [5.74, 6) is 1.28. The molecule has 1 aromatic carbocycles. The van der Waals surface area contributed by atoms with Gasteiger partial charge in [-0.05, 0) is 25.8 Å². The van der Waals surface area contributed by atoms with Crippen molar-refractivity contribution in [3.8, 4) is 11.5 Å². The molecule has 1 heterocycles. The van der Waals surface area contributed by atoms with Gasteiger partial charge < -0.3 is 25.1 Å². The van der Waals surface area contributed by atoms with Crippen LogP contribution in [0.3, 0.4) is 0 Å². The lowest BCUT2D eigenvalue weighted by atomic mass is 9.97. The number of ether oxygens (including phenoxy) is 2. The molecule has 1 amide bonds. The summed E-state index contributed by atoms with van der Waals surface area (Å²) < 4.78 is 10.5. The average molecular weight is 411 g/mol. The summed E-state index contributed by atoms with van der Waals surface area (Å²) in [7, 11) is 3.04. The first-order valence-corrected chi connectivity index (χ1v) is 9.15. The second kappa shape index (κ2) is 8.79. The summed E-state index contributed by atoms with van der Waals surface area (Å²) in [6.07, 6.45) is 3.32. The lowest BCUT2D eigenvalue weighted by Crippen LogP contribution is -2.53. The van der Waals surface area contributed by atoms with Gasteiger partial charge >= 0.3 is 0 Å². The van der Waals surface area contributed by atoms with Crippen molar-refractivity contribution in [3.05, 3.63) is 28.3 Å². The van der Waals surface area contributed by atoms with Gasteiger partial charge in [-0.15, -0.1) is 12.4 Å². The molecule has 154 valence electrons. The maximum absolute atomic E-state index is 12.9. The molecule has 8 nitrogen and oxygen atoms in total. The Bertz CT molecular complexity index is 909. The van der Waals surface area contributed by atoms with Gasteiger partial charge in [0.25, 0.3) is 5.56 Å². The number of methoxy groups -OCH3 is 2. The van der Waals surface area contributed by atoms with E-state index in [0.717, 1.165) is 12.8 Å². The fourth-order valence-corrected chi connectivity index (χ4v) is 3.63. The number of H-pyrrole nitrogens is 1. The number of nitrogens with zero attached hydrogens (tertiary/aromatic N) is 2. The number of fused-ring (bicyclic) bond motifs is 1. The molecule has 0 saturated heterocycles. The number of hydrogen-bond donors (Lipinski definition) is 2. The molecule has 0 spiro atoms. The fraction of sp³-hybridized carbons (Fsp3) is 0.526. The summed E-state index contributed by atoms with van der Waals surface area (Å²) in [5, 5.41) is 0.400. The van der Waals surface area contributed by atoms with E-state index in [-0.39, 0.29) is 30.4 Å². The van der Waals surface area contributed by atoms with Crippen LogP contribution >= 0.6 is 12.4 Å². The number of carbonyl (C=O) groups is 1. The standard InChI is InChI=1S/C19H26N4O4.ClH/c1-4-23(18(25)19(20)7-5-6-8-19)11-16-21-13-10-15(27-3)14(26-2)9-12(13)17(24)22-16;/h9-10H,4-8,11,20H2,1-3H3,(H,21,22,24);1H. The van der Waals surface area contributed by atoms with Crippen molar-refractivity contribution in [3.63, 3.8) is 0 Å². The number of aromatic amines is 1. The minimum atomic E-state index is -0.802. The molecule has 1 fully saturated rings. The normalized spacial score (nSPS) is 15.1. The van der Waals surface area contributed by atoms with Gasteiger partial charge in [0.15, 0.2) is 11.5 Å². The van der Waals surface area contributed by atoms with Crippen LogP contribution in [0.15, 0.2) is 16.9 Å². The molecule has 0 aliphatic heterocycles. The van der Waals surface area contributed by atoms with Crippen LogP contribution in [0.25, 0.3) is 10.9 Å². The zero-order valence-electron chi connectivity index (χ0n) is 16.4. The largest absolute Gasteiger partial charge is 0.493 e. The maximum Gasteiger partial charge on any atom is 0.258 e. The molecule has 3 rings (SSSR count). The summed E-state index contributed by atoms with van der Waals surface area (Å²) in [5.41, 5.74) is 5.70. The van der Waals surface area contributed by atoms with Gasteiger partial charge in [0.05, 0.1) is 37.2 Å². The van der Waals surface area contributed by atoms with Crippen LogP contribution in [0.2, 0.25) is 0 Å². The van der Waals surface area contributed by atoms with Crippen molar-refractivity contribution in [1.82, 2.24) is 14.9 Å². The second-order valence-corrected chi connectivity index (χ2v) is 6.92. The molecule has 0 atom stereocenters. The number of nitrogens with two attached hydrogens (primary N) is 1. The lowest BCUT2D eigenvalue weighted by molar-refractivity contribution is -0.137. The first-order chi connectivity index (χ1) is 12.9. The van der Waals surface area contributed by atoms with Crippen molar-refractivity contribution in [2.24, 2.45) is 5.73 Å². The van der Waals surface area contributed by atoms with E-state index in [9.17, 15) is 9.59 Å². The monoisotopic (exact) mass is 410 g/mol. The minimum absolute atomic E-state index is 0. The number of benzene rings is 1.